The third-order valence-corrected chi connectivity index (χ3v) is 2.79. The lowest BCUT2D eigenvalue weighted by molar-refractivity contribution is 0.102. The lowest BCUT2D eigenvalue weighted by Crippen LogP contribution is -2.15. The highest BCUT2D eigenvalue weighted by molar-refractivity contribution is 6.07. The van der Waals surface area contributed by atoms with E-state index in [0.29, 0.717) is 12.3 Å². The topological polar surface area (TPSA) is 64.3 Å². The molecule has 0 aliphatic heterocycles. The number of nitrogen functional groups attached to an aromatic ring is 1. The van der Waals surface area contributed by atoms with E-state index in [1.165, 1.54) is 18.2 Å². The van der Waals surface area contributed by atoms with Gasteiger partial charge in [0.25, 0.3) is 5.91 Å². The van der Waals surface area contributed by atoms with Crippen molar-refractivity contribution < 1.29 is 13.9 Å². The van der Waals surface area contributed by atoms with Gasteiger partial charge in [-0.15, -0.1) is 0 Å². The number of nitrogens with one attached hydrogen (secondary N) is 1. The summed E-state index contributed by atoms with van der Waals surface area (Å²) in [6, 6.07) is 11.4. The van der Waals surface area contributed by atoms with Crippen LogP contribution in [-0.2, 0) is 11.3 Å². The van der Waals surface area contributed by atoms with E-state index in [0.717, 1.165) is 5.56 Å². The zero-order valence-corrected chi connectivity index (χ0v) is 11.0. The van der Waals surface area contributed by atoms with Crippen LogP contribution in [0.2, 0.25) is 0 Å². The Morgan fingerprint density at radius 2 is 2.05 bits per heavy atom. The highest BCUT2D eigenvalue weighted by Gasteiger charge is 2.12. The molecule has 0 bridgehead atoms. The third-order valence-electron chi connectivity index (χ3n) is 2.79. The van der Waals surface area contributed by atoms with Crippen LogP contribution in [0.15, 0.2) is 42.5 Å². The van der Waals surface area contributed by atoms with Gasteiger partial charge in [-0.3, -0.25) is 4.79 Å². The van der Waals surface area contributed by atoms with E-state index in [1.54, 1.807) is 25.3 Å². The number of nitrogens with two attached hydrogens (primary N) is 1. The minimum Gasteiger partial charge on any atom is -0.396 e. The van der Waals surface area contributed by atoms with Crippen molar-refractivity contribution in [3.05, 3.63) is 59.4 Å². The van der Waals surface area contributed by atoms with Crippen LogP contribution in [0.3, 0.4) is 0 Å². The molecule has 2 aromatic rings. The smallest absolute Gasteiger partial charge is 0.257 e. The van der Waals surface area contributed by atoms with Crippen molar-refractivity contribution >= 4 is 17.3 Å². The summed E-state index contributed by atoms with van der Waals surface area (Å²) in [5.74, 6) is -1.05. The van der Waals surface area contributed by atoms with Gasteiger partial charge in [0, 0.05) is 12.8 Å². The summed E-state index contributed by atoms with van der Waals surface area (Å²) >= 11 is 0. The summed E-state index contributed by atoms with van der Waals surface area (Å²) in [5.41, 5.74) is 7.05. The second kappa shape index (κ2) is 6.16. The number of anilines is 2. The van der Waals surface area contributed by atoms with Crippen molar-refractivity contribution in [1.29, 1.82) is 0 Å². The Morgan fingerprint density at radius 3 is 2.80 bits per heavy atom. The van der Waals surface area contributed by atoms with Gasteiger partial charge in [-0.2, -0.15) is 0 Å². The van der Waals surface area contributed by atoms with Crippen molar-refractivity contribution in [2.24, 2.45) is 0 Å². The van der Waals surface area contributed by atoms with E-state index in [4.69, 9.17) is 10.5 Å². The summed E-state index contributed by atoms with van der Waals surface area (Å²) in [4.78, 5) is 12.1. The molecule has 0 unspecified atom stereocenters. The second-order valence-corrected chi connectivity index (χ2v) is 4.29. The monoisotopic (exact) mass is 274 g/mol. The summed E-state index contributed by atoms with van der Waals surface area (Å²) < 4.78 is 18.3. The summed E-state index contributed by atoms with van der Waals surface area (Å²) in [6.45, 7) is 0.450. The second-order valence-electron chi connectivity index (χ2n) is 4.29. The number of carbonyl (C=O) groups is 1. The van der Waals surface area contributed by atoms with E-state index in [1.807, 2.05) is 6.07 Å². The van der Waals surface area contributed by atoms with Gasteiger partial charge in [-0.1, -0.05) is 18.2 Å². The number of amides is 1. The van der Waals surface area contributed by atoms with Crippen LogP contribution in [0.5, 0.6) is 0 Å². The van der Waals surface area contributed by atoms with E-state index in [2.05, 4.69) is 5.32 Å². The van der Waals surface area contributed by atoms with Gasteiger partial charge in [0.15, 0.2) is 0 Å². The largest absolute Gasteiger partial charge is 0.396 e. The predicted octanol–water partition coefficient (Wildman–Crippen LogP) is 2.81. The van der Waals surface area contributed by atoms with Gasteiger partial charge in [-0.25, -0.2) is 4.39 Å². The number of benzene rings is 2. The molecule has 0 heterocycles. The fraction of sp³-hybridized carbons (Fsp3) is 0.133. The fourth-order valence-electron chi connectivity index (χ4n) is 1.84. The molecule has 0 saturated heterocycles. The van der Waals surface area contributed by atoms with Crippen molar-refractivity contribution in [3.63, 3.8) is 0 Å². The van der Waals surface area contributed by atoms with Crippen LogP contribution in [0, 0.1) is 5.82 Å². The minimum atomic E-state index is -0.606. The Hall–Kier alpha value is -2.40. The first-order valence-electron chi connectivity index (χ1n) is 6.05. The fourth-order valence-corrected chi connectivity index (χ4v) is 1.84. The first-order valence-corrected chi connectivity index (χ1v) is 6.05. The van der Waals surface area contributed by atoms with Crippen molar-refractivity contribution in [3.8, 4) is 0 Å². The van der Waals surface area contributed by atoms with Crippen LogP contribution in [0.25, 0.3) is 0 Å². The number of hydrogen-bond donors (Lipinski definition) is 2. The molecule has 0 aromatic heterocycles. The number of ether oxygens (including phenoxy) is 1. The lowest BCUT2D eigenvalue weighted by atomic mass is 10.1. The molecule has 2 rings (SSSR count). The molecule has 2 aromatic carbocycles. The maximum Gasteiger partial charge on any atom is 0.257 e. The Morgan fingerprint density at radius 1 is 1.30 bits per heavy atom. The third kappa shape index (κ3) is 3.13. The maximum atomic E-state index is 13.3. The molecule has 0 saturated carbocycles. The van der Waals surface area contributed by atoms with Crippen LogP contribution < -0.4 is 11.1 Å². The van der Waals surface area contributed by atoms with Gasteiger partial charge in [0.2, 0.25) is 0 Å². The Bertz CT molecular complexity index is 629. The first kappa shape index (κ1) is 14.0. The first-order chi connectivity index (χ1) is 9.61. The molecule has 0 fully saturated rings. The number of para-hydroxylation sites is 1. The van der Waals surface area contributed by atoms with Crippen molar-refractivity contribution in [2.75, 3.05) is 18.2 Å². The van der Waals surface area contributed by atoms with Gasteiger partial charge in [-0.05, 0) is 29.8 Å². The van der Waals surface area contributed by atoms with Gasteiger partial charge >= 0.3 is 0 Å². The standard InChI is InChI=1S/C15H15FN2O2/c1-20-9-10-4-2-5-11(8-10)18-15(19)12-6-3-7-13(16)14(12)17/h2-8H,9,17H2,1H3,(H,18,19). The van der Waals surface area contributed by atoms with Crippen LogP contribution in [0.1, 0.15) is 15.9 Å². The van der Waals surface area contributed by atoms with E-state index in [-0.39, 0.29) is 11.3 Å². The number of methoxy groups -OCH3 is 1. The average Bonchev–Trinajstić information content (AvgIpc) is 2.42. The molecule has 0 aliphatic carbocycles. The molecule has 0 atom stereocenters. The predicted molar refractivity (Wildman–Crippen MR) is 75.9 cm³/mol. The molecule has 0 spiro atoms. The maximum absolute atomic E-state index is 13.3. The number of halogens is 1. The van der Waals surface area contributed by atoms with Gasteiger partial charge in [0.05, 0.1) is 17.9 Å². The number of hydrogen-bond acceptors (Lipinski definition) is 3. The quantitative estimate of drug-likeness (QED) is 0.843. The van der Waals surface area contributed by atoms with Crippen LogP contribution in [-0.4, -0.2) is 13.0 Å². The van der Waals surface area contributed by atoms with Gasteiger partial charge < -0.3 is 15.8 Å². The van der Waals surface area contributed by atoms with E-state index >= 15 is 0 Å². The number of carbonyl (C=O) groups excluding carboxylic acids is 1. The van der Waals surface area contributed by atoms with Crippen molar-refractivity contribution in [1.82, 2.24) is 0 Å². The highest BCUT2D eigenvalue weighted by atomic mass is 19.1. The molecule has 0 radical (unpaired) electrons. The average molecular weight is 274 g/mol. The molecule has 104 valence electrons. The van der Waals surface area contributed by atoms with E-state index < -0.39 is 11.7 Å². The van der Waals surface area contributed by atoms with Crippen LogP contribution in [0.4, 0.5) is 15.8 Å². The molecule has 3 N–H and O–H groups in total. The molecule has 4 nitrogen and oxygen atoms in total. The molecule has 5 heteroatoms. The summed E-state index contributed by atoms with van der Waals surface area (Å²) in [6.07, 6.45) is 0. The highest BCUT2D eigenvalue weighted by Crippen LogP contribution is 2.18. The zero-order valence-electron chi connectivity index (χ0n) is 11.0. The molecule has 1 amide bonds. The summed E-state index contributed by atoms with van der Waals surface area (Å²) in [5, 5.41) is 2.68. The summed E-state index contributed by atoms with van der Waals surface area (Å²) in [7, 11) is 1.60. The zero-order chi connectivity index (χ0) is 14.5. The Kier molecular flexibility index (Phi) is 4.32. The Labute approximate surface area is 116 Å². The minimum absolute atomic E-state index is 0.113. The molecule has 20 heavy (non-hydrogen) atoms. The Balaban J connectivity index is 2.19. The molecule has 0 aliphatic rings. The SMILES string of the molecule is COCc1cccc(NC(=O)c2cccc(F)c2N)c1. The van der Waals surface area contributed by atoms with E-state index in [9.17, 15) is 9.18 Å². The lowest BCUT2D eigenvalue weighted by Gasteiger charge is -2.09. The van der Waals surface area contributed by atoms with Gasteiger partial charge in [0.1, 0.15) is 5.82 Å². The van der Waals surface area contributed by atoms with Crippen LogP contribution >= 0.6 is 0 Å². The molecular weight excluding hydrogens is 259 g/mol. The number of rotatable bonds is 4. The normalized spacial score (nSPS) is 10.3. The van der Waals surface area contributed by atoms with Crippen molar-refractivity contribution in [2.45, 2.75) is 6.61 Å². The molecular formula is C15H15FN2O2.